The summed E-state index contributed by atoms with van der Waals surface area (Å²) in [4.78, 5) is 0. The Morgan fingerprint density at radius 3 is 2.74 bits per heavy atom. The van der Waals surface area contributed by atoms with Crippen molar-refractivity contribution in [2.75, 3.05) is 11.9 Å². The first-order valence-electron chi connectivity index (χ1n) is 7.69. The summed E-state index contributed by atoms with van der Waals surface area (Å²) in [5.74, 6) is -1.84. The standard InChI is InChI=1S/C17H19F2N3O/c1-11-8-15(20-10-12-6-7-17(18,19)9-12)21-22-16(11)13-4-2-3-5-14(13)23/h2-5,8,12,23H,6-7,9-10H2,1H3,(H,20,21)/t12-/m0/s1. The monoisotopic (exact) mass is 319 g/mol. The number of para-hydroxylation sites is 1. The van der Waals surface area contributed by atoms with Gasteiger partial charge in [-0.15, -0.1) is 10.2 Å². The Bertz CT molecular complexity index is 706. The molecule has 2 N–H and O–H groups in total. The van der Waals surface area contributed by atoms with E-state index in [-0.39, 0.29) is 24.5 Å². The third-order valence-electron chi connectivity index (χ3n) is 4.22. The van der Waals surface area contributed by atoms with E-state index >= 15 is 0 Å². The highest BCUT2D eigenvalue weighted by Gasteiger charge is 2.39. The molecule has 1 aromatic heterocycles. The highest BCUT2D eigenvalue weighted by Crippen LogP contribution is 2.38. The molecule has 0 radical (unpaired) electrons. The third-order valence-corrected chi connectivity index (χ3v) is 4.22. The number of nitrogens with zero attached hydrogens (tertiary/aromatic N) is 2. The maximum Gasteiger partial charge on any atom is 0.248 e. The van der Waals surface area contributed by atoms with Gasteiger partial charge in [0, 0.05) is 24.9 Å². The number of aromatic hydroxyl groups is 1. The second-order valence-electron chi connectivity index (χ2n) is 6.12. The Labute approximate surface area is 133 Å². The average Bonchev–Trinajstić information content (AvgIpc) is 2.86. The highest BCUT2D eigenvalue weighted by molar-refractivity contribution is 5.69. The number of halogens is 2. The molecule has 1 aliphatic rings. The quantitative estimate of drug-likeness (QED) is 0.894. The van der Waals surface area contributed by atoms with E-state index < -0.39 is 5.92 Å². The summed E-state index contributed by atoms with van der Waals surface area (Å²) in [6.07, 6.45) is 0.432. The van der Waals surface area contributed by atoms with Crippen LogP contribution >= 0.6 is 0 Å². The normalized spacial score (nSPS) is 19.7. The Hall–Kier alpha value is -2.24. The second kappa shape index (κ2) is 6.10. The van der Waals surface area contributed by atoms with Crippen LogP contribution in [-0.4, -0.2) is 27.8 Å². The fourth-order valence-electron chi connectivity index (χ4n) is 2.98. The van der Waals surface area contributed by atoms with Gasteiger partial charge in [0.1, 0.15) is 11.6 Å². The van der Waals surface area contributed by atoms with Crippen molar-refractivity contribution < 1.29 is 13.9 Å². The fraction of sp³-hybridized carbons (Fsp3) is 0.412. The molecule has 2 aromatic rings. The minimum atomic E-state index is -2.53. The van der Waals surface area contributed by atoms with Crippen LogP contribution in [0, 0.1) is 12.8 Å². The molecule has 0 saturated heterocycles. The van der Waals surface area contributed by atoms with Gasteiger partial charge in [-0.1, -0.05) is 12.1 Å². The van der Waals surface area contributed by atoms with Crippen LogP contribution in [0.15, 0.2) is 30.3 Å². The molecule has 1 heterocycles. The van der Waals surface area contributed by atoms with Gasteiger partial charge in [0.05, 0.1) is 5.69 Å². The van der Waals surface area contributed by atoms with Crippen molar-refractivity contribution in [3.8, 4) is 17.0 Å². The molecule has 0 amide bonds. The number of alkyl halides is 2. The molecule has 3 rings (SSSR count). The van der Waals surface area contributed by atoms with E-state index in [9.17, 15) is 13.9 Å². The predicted octanol–water partition coefficient (Wildman–Crippen LogP) is 4.00. The number of anilines is 1. The molecule has 6 heteroatoms. The summed E-state index contributed by atoms with van der Waals surface area (Å²) in [5, 5.41) is 21.2. The first-order valence-corrected chi connectivity index (χ1v) is 7.69. The second-order valence-corrected chi connectivity index (χ2v) is 6.12. The summed E-state index contributed by atoms with van der Waals surface area (Å²) >= 11 is 0. The Kier molecular flexibility index (Phi) is 4.15. The zero-order chi connectivity index (χ0) is 16.4. The van der Waals surface area contributed by atoms with E-state index in [1.54, 1.807) is 18.2 Å². The Morgan fingerprint density at radius 2 is 2.09 bits per heavy atom. The van der Waals surface area contributed by atoms with E-state index in [2.05, 4.69) is 15.5 Å². The summed E-state index contributed by atoms with van der Waals surface area (Å²) in [5.41, 5.74) is 2.10. The first kappa shape index (κ1) is 15.6. The number of aromatic nitrogens is 2. The molecule has 1 aliphatic carbocycles. The lowest BCUT2D eigenvalue weighted by atomic mass is 10.1. The van der Waals surface area contributed by atoms with Gasteiger partial charge >= 0.3 is 0 Å². The zero-order valence-electron chi connectivity index (χ0n) is 12.9. The lowest BCUT2D eigenvalue weighted by Gasteiger charge is -2.13. The number of aryl methyl sites for hydroxylation is 1. The predicted molar refractivity (Wildman–Crippen MR) is 84.6 cm³/mol. The van der Waals surface area contributed by atoms with Gasteiger partial charge in [-0.2, -0.15) is 0 Å². The topological polar surface area (TPSA) is 58.0 Å². The molecule has 1 aromatic carbocycles. The summed E-state index contributed by atoms with van der Waals surface area (Å²) < 4.78 is 26.4. The zero-order valence-corrected chi connectivity index (χ0v) is 12.9. The van der Waals surface area contributed by atoms with E-state index in [0.717, 1.165) is 5.56 Å². The van der Waals surface area contributed by atoms with Gasteiger partial charge in [-0.25, -0.2) is 8.78 Å². The Balaban J connectivity index is 1.69. The van der Waals surface area contributed by atoms with Crippen LogP contribution in [0.2, 0.25) is 0 Å². The van der Waals surface area contributed by atoms with Crippen molar-refractivity contribution >= 4 is 5.82 Å². The van der Waals surface area contributed by atoms with Crippen molar-refractivity contribution in [3.05, 3.63) is 35.9 Å². The van der Waals surface area contributed by atoms with E-state index in [4.69, 9.17) is 0 Å². The van der Waals surface area contributed by atoms with Crippen LogP contribution in [-0.2, 0) is 0 Å². The van der Waals surface area contributed by atoms with Crippen LogP contribution in [0.25, 0.3) is 11.3 Å². The summed E-state index contributed by atoms with van der Waals surface area (Å²) in [6.45, 7) is 2.35. The van der Waals surface area contributed by atoms with Gasteiger partial charge in [0.25, 0.3) is 0 Å². The minimum Gasteiger partial charge on any atom is -0.507 e. The lowest BCUT2D eigenvalue weighted by molar-refractivity contribution is 0.00556. The largest absolute Gasteiger partial charge is 0.507 e. The molecule has 4 nitrogen and oxygen atoms in total. The lowest BCUT2D eigenvalue weighted by Crippen LogP contribution is -2.16. The fourth-order valence-corrected chi connectivity index (χ4v) is 2.98. The number of hydrogen-bond acceptors (Lipinski definition) is 4. The number of nitrogens with one attached hydrogen (secondary N) is 1. The molecular weight excluding hydrogens is 300 g/mol. The highest BCUT2D eigenvalue weighted by atomic mass is 19.3. The maximum atomic E-state index is 13.2. The molecule has 1 saturated carbocycles. The number of benzene rings is 1. The molecule has 0 bridgehead atoms. The minimum absolute atomic E-state index is 0.0315. The van der Waals surface area contributed by atoms with Gasteiger partial charge in [0.15, 0.2) is 0 Å². The molecular formula is C17H19F2N3O. The SMILES string of the molecule is Cc1cc(NC[C@H]2CCC(F)(F)C2)nnc1-c1ccccc1O. The Morgan fingerprint density at radius 1 is 1.30 bits per heavy atom. The van der Waals surface area contributed by atoms with Crippen LogP contribution in [0.4, 0.5) is 14.6 Å². The molecule has 0 unspecified atom stereocenters. The average molecular weight is 319 g/mol. The van der Waals surface area contributed by atoms with E-state index in [0.29, 0.717) is 30.0 Å². The number of hydrogen-bond donors (Lipinski definition) is 2. The van der Waals surface area contributed by atoms with Crippen LogP contribution in [0.5, 0.6) is 5.75 Å². The third kappa shape index (κ3) is 3.57. The van der Waals surface area contributed by atoms with E-state index in [1.807, 2.05) is 19.1 Å². The van der Waals surface area contributed by atoms with Crippen molar-refractivity contribution in [2.24, 2.45) is 5.92 Å². The van der Waals surface area contributed by atoms with Gasteiger partial charge in [0.2, 0.25) is 5.92 Å². The first-order chi connectivity index (χ1) is 10.9. The molecule has 0 aliphatic heterocycles. The van der Waals surface area contributed by atoms with Crippen LogP contribution < -0.4 is 5.32 Å². The molecule has 122 valence electrons. The summed E-state index contributed by atoms with van der Waals surface area (Å²) in [6, 6.07) is 8.77. The van der Waals surface area contributed by atoms with E-state index in [1.165, 1.54) is 0 Å². The number of phenols is 1. The van der Waals surface area contributed by atoms with Crippen LogP contribution in [0.3, 0.4) is 0 Å². The van der Waals surface area contributed by atoms with Crippen molar-refractivity contribution in [1.29, 1.82) is 0 Å². The van der Waals surface area contributed by atoms with Crippen LogP contribution in [0.1, 0.15) is 24.8 Å². The number of rotatable bonds is 4. The molecule has 1 fully saturated rings. The molecule has 23 heavy (non-hydrogen) atoms. The van der Waals surface area contributed by atoms with Crippen molar-refractivity contribution in [3.63, 3.8) is 0 Å². The van der Waals surface area contributed by atoms with Gasteiger partial charge < -0.3 is 10.4 Å². The van der Waals surface area contributed by atoms with Crippen molar-refractivity contribution in [2.45, 2.75) is 32.1 Å². The van der Waals surface area contributed by atoms with Gasteiger partial charge in [-0.3, -0.25) is 0 Å². The maximum absolute atomic E-state index is 13.2. The van der Waals surface area contributed by atoms with Gasteiger partial charge in [-0.05, 0) is 43.0 Å². The molecule has 0 spiro atoms. The van der Waals surface area contributed by atoms with Crippen molar-refractivity contribution in [1.82, 2.24) is 10.2 Å². The summed E-state index contributed by atoms with van der Waals surface area (Å²) in [7, 11) is 0. The smallest absolute Gasteiger partial charge is 0.248 e. The molecule has 1 atom stereocenters. The number of phenolic OH excluding ortho intramolecular Hbond substituents is 1.